The highest BCUT2D eigenvalue weighted by atomic mass is 16.3. The summed E-state index contributed by atoms with van der Waals surface area (Å²) in [6.45, 7) is 10.5. The zero-order valence-corrected chi connectivity index (χ0v) is 16.8. The van der Waals surface area contributed by atoms with E-state index in [0.29, 0.717) is 19.4 Å². The molecule has 0 saturated carbocycles. The molecule has 0 radical (unpaired) electrons. The minimum absolute atomic E-state index is 0.00229. The maximum Gasteiger partial charge on any atom is 0.0733 e. The van der Waals surface area contributed by atoms with Gasteiger partial charge in [0.05, 0.1) is 6.10 Å². The molecule has 2 rings (SSSR count). The van der Waals surface area contributed by atoms with Gasteiger partial charge < -0.3 is 10.2 Å². The molecule has 0 aromatic heterocycles. The molecular weight excluding hydrogens is 346 g/mol. The molecule has 0 unspecified atom stereocenters. The van der Waals surface area contributed by atoms with Gasteiger partial charge >= 0.3 is 0 Å². The van der Waals surface area contributed by atoms with Gasteiger partial charge in [0.25, 0.3) is 0 Å². The predicted octanol–water partition coefficient (Wildman–Crippen LogP) is 4.74. The molecule has 0 heterocycles. The zero-order chi connectivity index (χ0) is 20.4. The summed E-state index contributed by atoms with van der Waals surface area (Å²) in [6, 6.07) is 20.4. The molecule has 28 heavy (non-hydrogen) atoms. The Morgan fingerprint density at radius 3 is 2.04 bits per heavy atom. The number of aliphatic hydroxyl groups excluding tert-OH is 2. The van der Waals surface area contributed by atoms with Crippen LogP contribution in [0.25, 0.3) is 0 Å². The Hall–Kier alpha value is -2.20. The second kappa shape index (κ2) is 11.6. The average Bonchev–Trinajstić information content (AvgIpc) is 2.73. The van der Waals surface area contributed by atoms with Crippen LogP contribution in [0.15, 0.2) is 86.0 Å². The third kappa shape index (κ3) is 5.90. The van der Waals surface area contributed by atoms with Crippen molar-refractivity contribution in [1.82, 2.24) is 4.90 Å². The van der Waals surface area contributed by atoms with E-state index in [1.54, 1.807) is 6.08 Å². The van der Waals surface area contributed by atoms with Crippen molar-refractivity contribution >= 4 is 0 Å². The van der Waals surface area contributed by atoms with Gasteiger partial charge in [0.2, 0.25) is 0 Å². The molecule has 3 heteroatoms. The molecule has 0 aliphatic heterocycles. The summed E-state index contributed by atoms with van der Waals surface area (Å²) in [7, 11) is 0. The van der Waals surface area contributed by atoms with Crippen LogP contribution in [0.4, 0.5) is 0 Å². The quantitative estimate of drug-likeness (QED) is 0.524. The molecular formula is C25H33NO2. The van der Waals surface area contributed by atoms with Gasteiger partial charge in [-0.1, -0.05) is 72.8 Å². The van der Waals surface area contributed by atoms with E-state index in [9.17, 15) is 10.2 Å². The fraction of sp³-hybridized carbons (Fsp3) is 0.360. The smallest absolute Gasteiger partial charge is 0.0733 e. The Balaban J connectivity index is 2.46. The lowest BCUT2D eigenvalue weighted by Crippen LogP contribution is -2.50. The number of benzene rings is 2. The molecule has 2 aromatic rings. The van der Waals surface area contributed by atoms with Crippen LogP contribution in [0.1, 0.15) is 36.9 Å². The number of aliphatic hydroxyl groups is 2. The maximum absolute atomic E-state index is 11.0. The Labute approximate surface area is 169 Å². The van der Waals surface area contributed by atoms with Crippen molar-refractivity contribution in [3.63, 3.8) is 0 Å². The van der Waals surface area contributed by atoms with Crippen molar-refractivity contribution in [3.05, 3.63) is 97.1 Å². The highest BCUT2D eigenvalue weighted by Crippen LogP contribution is 2.31. The van der Waals surface area contributed by atoms with Crippen LogP contribution in [-0.4, -0.2) is 33.9 Å². The first kappa shape index (κ1) is 22.1. The third-order valence-electron chi connectivity index (χ3n) is 5.36. The maximum atomic E-state index is 11.0. The standard InChI is InChI=1S/C25H33NO2/c1-4-12-23(19-27)25(24(28)13-5-2)26(18-21-14-8-6-9-15-21)20(3)22-16-10-7-11-17-22/h4-11,14-17,20,23-25,27-28H,1-2,12-13,18-19H2,3H3/t20-,23-,24-,25+/m1/s1. The van der Waals surface area contributed by atoms with Crippen molar-refractivity contribution < 1.29 is 10.2 Å². The summed E-state index contributed by atoms with van der Waals surface area (Å²) in [5.41, 5.74) is 2.36. The van der Waals surface area contributed by atoms with E-state index < -0.39 is 6.10 Å². The topological polar surface area (TPSA) is 43.7 Å². The summed E-state index contributed by atoms with van der Waals surface area (Å²) in [6.07, 6.45) is 4.06. The lowest BCUT2D eigenvalue weighted by Gasteiger charge is -2.42. The van der Waals surface area contributed by atoms with Gasteiger partial charge in [-0.15, -0.1) is 13.2 Å². The summed E-state index contributed by atoms with van der Waals surface area (Å²) in [5, 5.41) is 21.1. The number of hydrogen-bond donors (Lipinski definition) is 2. The van der Waals surface area contributed by atoms with Crippen LogP contribution in [0.5, 0.6) is 0 Å². The first-order chi connectivity index (χ1) is 13.6. The zero-order valence-electron chi connectivity index (χ0n) is 16.8. The van der Waals surface area contributed by atoms with Gasteiger partial charge in [0.1, 0.15) is 0 Å². The van der Waals surface area contributed by atoms with E-state index in [1.165, 1.54) is 11.1 Å². The highest BCUT2D eigenvalue weighted by Gasteiger charge is 2.35. The van der Waals surface area contributed by atoms with Crippen molar-refractivity contribution in [3.8, 4) is 0 Å². The van der Waals surface area contributed by atoms with E-state index in [1.807, 2.05) is 42.5 Å². The first-order valence-corrected chi connectivity index (χ1v) is 9.97. The van der Waals surface area contributed by atoms with Crippen molar-refractivity contribution in [2.45, 2.75) is 44.5 Å². The van der Waals surface area contributed by atoms with Crippen molar-refractivity contribution in [2.24, 2.45) is 5.92 Å². The lowest BCUT2D eigenvalue weighted by molar-refractivity contribution is -0.0221. The number of rotatable bonds is 12. The molecule has 0 fully saturated rings. The van der Waals surface area contributed by atoms with Crippen LogP contribution in [0.3, 0.4) is 0 Å². The third-order valence-corrected chi connectivity index (χ3v) is 5.36. The number of allylic oxidation sites excluding steroid dienone is 1. The van der Waals surface area contributed by atoms with Gasteiger partial charge in [-0.3, -0.25) is 4.90 Å². The van der Waals surface area contributed by atoms with Gasteiger partial charge in [-0.25, -0.2) is 0 Å². The molecule has 0 aliphatic carbocycles. The summed E-state index contributed by atoms with van der Waals surface area (Å²) in [5.74, 6) is -0.109. The average molecular weight is 380 g/mol. The van der Waals surface area contributed by atoms with Crippen LogP contribution in [-0.2, 0) is 6.54 Å². The molecule has 0 bridgehead atoms. The second-order valence-corrected chi connectivity index (χ2v) is 7.29. The van der Waals surface area contributed by atoms with Gasteiger partial charge in [-0.05, 0) is 30.9 Å². The van der Waals surface area contributed by atoms with E-state index in [2.05, 4.69) is 49.2 Å². The molecule has 2 N–H and O–H groups in total. The van der Waals surface area contributed by atoms with Crippen molar-refractivity contribution in [2.75, 3.05) is 6.61 Å². The summed E-state index contributed by atoms with van der Waals surface area (Å²) in [4.78, 5) is 2.31. The monoisotopic (exact) mass is 379 g/mol. The summed E-state index contributed by atoms with van der Waals surface area (Å²) < 4.78 is 0. The van der Waals surface area contributed by atoms with Crippen LogP contribution in [0.2, 0.25) is 0 Å². The normalized spacial score (nSPS) is 15.6. The molecule has 0 amide bonds. The van der Waals surface area contributed by atoms with Crippen LogP contribution in [0, 0.1) is 5.92 Å². The lowest BCUT2D eigenvalue weighted by atomic mass is 9.87. The second-order valence-electron chi connectivity index (χ2n) is 7.29. The number of hydrogen-bond acceptors (Lipinski definition) is 3. The Kier molecular flexibility index (Phi) is 9.15. The van der Waals surface area contributed by atoms with Gasteiger partial charge in [-0.2, -0.15) is 0 Å². The molecule has 150 valence electrons. The highest BCUT2D eigenvalue weighted by molar-refractivity contribution is 5.21. The first-order valence-electron chi connectivity index (χ1n) is 9.97. The predicted molar refractivity (Wildman–Crippen MR) is 117 cm³/mol. The minimum Gasteiger partial charge on any atom is -0.396 e. The molecule has 0 spiro atoms. The molecule has 2 aromatic carbocycles. The van der Waals surface area contributed by atoms with E-state index >= 15 is 0 Å². The molecule has 4 atom stereocenters. The molecule has 0 saturated heterocycles. The van der Waals surface area contributed by atoms with E-state index in [-0.39, 0.29) is 24.6 Å². The Morgan fingerprint density at radius 1 is 0.929 bits per heavy atom. The fourth-order valence-corrected chi connectivity index (χ4v) is 3.87. The molecule has 0 aliphatic rings. The Bertz CT molecular complexity index is 701. The van der Waals surface area contributed by atoms with Gasteiger partial charge in [0, 0.05) is 31.2 Å². The fourth-order valence-electron chi connectivity index (χ4n) is 3.87. The summed E-state index contributed by atoms with van der Waals surface area (Å²) >= 11 is 0. The Morgan fingerprint density at radius 2 is 1.50 bits per heavy atom. The van der Waals surface area contributed by atoms with Crippen molar-refractivity contribution in [1.29, 1.82) is 0 Å². The van der Waals surface area contributed by atoms with E-state index in [4.69, 9.17) is 0 Å². The largest absolute Gasteiger partial charge is 0.396 e. The minimum atomic E-state index is -0.621. The van der Waals surface area contributed by atoms with Crippen LogP contribution < -0.4 is 0 Å². The number of nitrogens with zero attached hydrogens (tertiary/aromatic N) is 1. The van der Waals surface area contributed by atoms with E-state index in [0.717, 1.165) is 0 Å². The molecule has 3 nitrogen and oxygen atoms in total. The van der Waals surface area contributed by atoms with Gasteiger partial charge in [0.15, 0.2) is 0 Å². The van der Waals surface area contributed by atoms with Crippen LogP contribution >= 0.6 is 0 Å². The SMILES string of the molecule is C=CC[C@H](CO)[C@@H]([C@H](O)CC=C)N(Cc1ccccc1)[C@H](C)c1ccccc1.